The number of hydrogen-bond acceptors (Lipinski definition) is 5. The molecule has 0 saturated heterocycles. The van der Waals surface area contributed by atoms with Crippen LogP contribution in [0.5, 0.6) is 0 Å². The first kappa shape index (κ1) is 17.0. The van der Waals surface area contributed by atoms with Crippen LogP contribution in [0.25, 0.3) is 6.08 Å². The van der Waals surface area contributed by atoms with Crippen LogP contribution in [0.3, 0.4) is 0 Å². The monoisotopic (exact) mass is 369 g/mol. The van der Waals surface area contributed by atoms with Gasteiger partial charge in [0, 0.05) is 5.92 Å². The van der Waals surface area contributed by atoms with Crippen molar-refractivity contribution in [1.82, 2.24) is 9.97 Å². The van der Waals surface area contributed by atoms with Crippen LogP contribution in [0.4, 0.5) is 5.82 Å². The zero-order valence-electron chi connectivity index (χ0n) is 14.5. The second kappa shape index (κ2) is 6.72. The molecule has 0 bridgehead atoms. The van der Waals surface area contributed by atoms with E-state index in [0.717, 1.165) is 31.2 Å². The van der Waals surface area contributed by atoms with Gasteiger partial charge in [-0.2, -0.15) is 0 Å². The second-order valence-corrected chi connectivity index (χ2v) is 7.26. The van der Waals surface area contributed by atoms with E-state index in [1.54, 1.807) is 0 Å². The molecule has 6 heteroatoms. The van der Waals surface area contributed by atoms with Gasteiger partial charge in [0.25, 0.3) is 0 Å². The van der Waals surface area contributed by atoms with Crippen molar-refractivity contribution in [2.24, 2.45) is 0 Å². The van der Waals surface area contributed by atoms with Crippen molar-refractivity contribution in [2.75, 3.05) is 12.4 Å². The molecule has 0 spiro atoms. The number of benzene rings is 1. The summed E-state index contributed by atoms with van der Waals surface area (Å²) in [6.45, 7) is 0. The number of esters is 1. The van der Waals surface area contributed by atoms with Gasteiger partial charge in [0.1, 0.15) is 16.7 Å². The second-order valence-electron chi connectivity index (χ2n) is 6.88. The molecule has 5 nitrogen and oxygen atoms in total. The molecular weight excluding hydrogens is 350 g/mol. The van der Waals surface area contributed by atoms with Gasteiger partial charge in [-0.25, -0.2) is 14.8 Å². The molecule has 0 aliphatic heterocycles. The average Bonchev–Trinajstić information content (AvgIpc) is 3.58. The molecule has 2 aliphatic rings. The van der Waals surface area contributed by atoms with Gasteiger partial charge in [0.2, 0.25) is 0 Å². The molecule has 1 aromatic carbocycles. The molecule has 2 aromatic rings. The van der Waals surface area contributed by atoms with Crippen LogP contribution in [0.15, 0.2) is 36.4 Å². The fraction of sp³-hybridized carbons (Fsp3) is 0.350. The Balaban J connectivity index is 1.62. The van der Waals surface area contributed by atoms with Gasteiger partial charge in [0.05, 0.1) is 12.6 Å². The third-order valence-corrected chi connectivity index (χ3v) is 5.10. The van der Waals surface area contributed by atoms with E-state index in [9.17, 15) is 4.79 Å². The molecule has 1 heterocycles. The lowest BCUT2D eigenvalue weighted by Crippen LogP contribution is -2.21. The van der Waals surface area contributed by atoms with Gasteiger partial charge in [0.15, 0.2) is 5.69 Å². The zero-order chi connectivity index (χ0) is 18.1. The lowest BCUT2D eigenvalue weighted by atomic mass is 10.1. The van der Waals surface area contributed by atoms with Crippen molar-refractivity contribution in [3.05, 3.63) is 58.5 Å². The molecule has 26 heavy (non-hydrogen) atoms. The molecule has 2 aliphatic carbocycles. The molecule has 4 rings (SSSR count). The Hall–Kier alpha value is -2.40. The smallest absolute Gasteiger partial charge is 0.358 e. The third-order valence-electron chi connectivity index (χ3n) is 4.74. The SMILES string of the molecule is COC(=O)c1nc(C2CC2)nc(NC2(C=Cc3ccccc3)CC2)c1Cl. The van der Waals surface area contributed by atoms with E-state index in [4.69, 9.17) is 16.3 Å². The maximum atomic E-state index is 12.0. The molecule has 0 unspecified atom stereocenters. The summed E-state index contributed by atoms with van der Waals surface area (Å²) >= 11 is 6.42. The molecule has 0 amide bonds. The van der Waals surface area contributed by atoms with Gasteiger partial charge in [-0.05, 0) is 31.2 Å². The quantitative estimate of drug-likeness (QED) is 0.762. The number of methoxy groups -OCH3 is 1. The summed E-state index contributed by atoms with van der Waals surface area (Å²) in [4.78, 5) is 21.0. The average molecular weight is 370 g/mol. The number of hydrogen-bond donors (Lipinski definition) is 1. The summed E-state index contributed by atoms with van der Waals surface area (Å²) in [7, 11) is 1.33. The highest BCUT2D eigenvalue weighted by atomic mass is 35.5. The minimum absolute atomic E-state index is 0.136. The molecule has 134 valence electrons. The summed E-state index contributed by atoms with van der Waals surface area (Å²) in [5, 5.41) is 3.66. The number of ether oxygens (including phenoxy) is 1. The minimum atomic E-state index is -0.535. The summed E-state index contributed by atoms with van der Waals surface area (Å²) in [6, 6.07) is 10.1. The Labute approximate surface area is 157 Å². The highest BCUT2D eigenvalue weighted by molar-refractivity contribution is 6.35. The van der Waals surface area contributed by atoms with Crippen molar-refractivity contribution >= 4 is 29.5 Å². The third kappa shape index (κ3) is 3.58. The standard InChI is InChI=1S/C20H20ClN3O2/c1-26-19(25)16-15(21)18(23-17(22-16)14-7-8-14)24-20(11-12-20)10-9-13-5-3-2-4-6-13/h2-6,9-10,14H,7-8,11-12H2,1H3,(H,22,23,24). The Morgan fingerprint density at radius 1 is 1.27 bits per heavy atom. The first-order chi connectivity index (χ1) is 12.6. The first-order valence-electron chi connectivity index (χ1n) is 8.78. The molecule has 2 fully saturated rings. The minimum Gasteiger partial charge on any atom is -0.464 e. The first-order valence-corrected chi connectivity index (χ1v) is 9.16. The van der Waals surface area contributed by atoms with Crippen molar-refractivity contribution in [2.45, 2.75) is 37.1 Å². The predicted molar refractivity (Wildman–Crippen MR) is 101 cm³/mol. The van der Waals surface area contributed by atoms with Crippen LogP contribution in [0, 0.1) is 0 Å². The lowest BCUT2D eigenvalue weighted by molar-refractivity contribution is 0.0593. The number of carbonyl (C=O) groups excluding carboxylic acids is 1. The largest absolute Gasteiger partial charge is 0.464 e. The van der Waals surface area contributed by atoms with E-state index in [1.807, 2.05) is 18.2 Å². The number of nitrogens with one attached hydrogen (secondary N) is 1. The maximum Gasteiger partial charge on any atom is 0.358 e. The van der Waals surface area contributed by atoms with Gasteiger partial charge in [-0.1, -0.05) is 54.1 Å². The van der Waals surface area contributed by atoms with Crippen LogP contribution in [0.2, 0.25) is 5.02 Å². The van der Waals surface area contributed by atoms with Crippen molar-refractivity contribution in [3.8, 4) is 0 Å². The zero-order valence-corrected chi connectivity index (χ0v) is 15.3. The van der Waals surface area contributed by atoms with Crippen LogP contribution >= 0.6 is 11.6 Å². The van der Waals surface area contributed by atoms with E-state index < -0.39 is 5.97 Å². The number of halogens is 1. The Kier molecular flexibility index (Phi) is 4.41. The van der Waals surface area contributed by atoms with E-state index in [-0.39, 0.29) is 16.3 Å². The van der Waals surface area contributed by atoms with Crippen LogP contribution in [-0.4, -0.2) is 28.6 Å². The number of rotatable bonds is 6. The Bertz CT molecular complexity index is 859. The Morgan fingerprint density at radius 2 is 2.00 bits per heavy atom. The van der Waals surface area contributed by atoms with Crippen LogP contribution < -0.4 is 5.32 Å². The predicted octanol–water partition coefficient (Wildman–Crippen LogP) is 4.45. The highest BCUT2D eigenvalue weighted by Crippen LogP contribution is 2.44. The molecule has 0 radical (unpaired) electrons. The fourth-order valence-electron chi connectivity index (χ4n) is 2.83. The summed E-state index contributed by atoms with van der Waals surface area (Å²) in [6.07, 6.45) is 8.31. The lowest BCUT2D eigenvalue weighted by Gasteiger charge is -2.17. The normalized spacial score (nSPS) is 17.9. The highest BCUT2D eigenvalue weighted by Gasteiger charge is 2.41. The van der Waals surface area contributed by atoms with Crippen molar-refractivity contribution in [3.63, 3.8) is 0 Å². The van der Waals surface area contributed by atoms with Crippen molar-refractivity contribution < 1.29 is 9.53 Å². The number of carbonyl (C=O) groups is 1. The molecule has 1 N–H and O–H groups in total. The van der Waals surface area contributed by atoms with Gasteiger partial charge < -0.3 is 10.1 Å². The summed E-state index contributed by atoms with van der Waals surface area (Å²) < 4.78 is 4.82. The van der Waals surface area contributed by atoms with Crippen LogP contribution in [-0.2, 0) is 4.74 Å². The van der Waals surface area contributed by atoms with E-state index in [2.05, 4.69) is 39.6 Å². The Morgan fingerprint density at radius 3 is 2.62 bits per heavy atom. The van der Waals surface area contributed by atoms with Crippen LogP contribution in [0.1, 0.15) is 53.5 Å². The molecule has 0 atom stereocenters. The number of anilines is 1. The van der Waals surface area contributed by atoms with Crippen molar-refractivity contribution in [1.29, 1.82) is 0 Å². The van der Waals surface area contributed by atoms with Gasteiger partial charge in [-0.15, -0.1) is 0 Å². The molecule has 1 aromatic heterocycles. The van der Waals surface area contributed by atoms with Gasteiger partial charge >= 0.3 is 5.97 Å². The summed E-state index contributed by atoms with van der Waals surface area (Å²) in [5.41, 5.74) is 1.10. The number of nitrogens with zero attached hydrogens (tertiary/aromatic N) is 2. The molecule has 2 saturated carbocycles. The molecular formula is C20H20ClN3O2. The fourth-order valence-corrected chi connectivity index (χ4v) is 3.04. The van der Waals surface area contributed by atoms with E-state index in [0.29, 0.717) is 17.6 Å². The number of aromatic nitrogens is 2. The van der Waals surface area contributed by atoms with Gasteiger partial charge in [-0.3, -0.25) is 0 Å². The van der Waals surface area contributed by atoms with E-state index in [1.165, 1.54) is 7.11 Å². The summed E-state index contributed by atoms with van der Waals surface area (Å²) in [5.74, 6) is 0.956. The van der Waals surface area contributed by atoms with E-state index >= 15 is 0 Å². The topological polar surface area (TPSA) is 64.1 Å². The maximum absolute atomic E-state index is 12.0.